The maximum absolute atomic E-state index is 6.18. The van der Waals surface area contributed by atoms with Gasteiger partial charge in [0.1, 0.15) is 0 Å². The first-order chi connectivity index (χ1) is 10.6. The third-order valence-corrected chi connectivity index (χ3v) is 5.03. The standard InChI is InChI=1S/C17H25Cl2NO2/c1-3-15(19)14(13(2)18)12-22-17-7-5-4-6-16(17)20-8-10-21-11-9-20/h3,16-17H,1-2,4-12H2/b15-14+. The van der Waals surface area contributed by atoms with Crippen LogP contribution < -0.4 is 0 Å². The summed E-state index contributed by atoms with van der Waals surface area (Å²) in [5.74, 6) is 0. The molecule has 0 aromatic rings. The Morgan fingerprint density at radius 2 is 1.91 bits per heavy atom. The number of hydrogen-bond donors (Lipinski definition) is 0. The zero-order valence-electron chi connectivity index (χ0n) is 13.0. The lowest BCUT2D eigenvalue weighted by molar-refractivity contribution is -0.0599. The summed E-state index contributed by atoms with van der Waals surface area (Å²) < 4.78 is 11.6. The lowest BCUT2D eigenvalue weighted by Crippen LogP contribution is -2.51. The molecule has 1 aliphatic heterocycles. The summed E-state index contributed by atoms with van der Waals surface area (Å²) in [5, 5.41) is 0.933. The summed E-state index contributed by atoms with van der Waals surface area (Å²) in [7, 11) is 0. The van der Waals surface area contributed by atoms with Gasteiger partial charge < -0.3 is 9.47 Å². The van der Waals surface area contributed by atoms with Gasteiger partial charge in [0.2, 0.25) is 0 Å². The maximum atomic E-state index is 6.18. The van der Waals surface area contributed by atoms with Gasteiger partial charge >= 0.3 is 0 Å². The van der Waals surface area contributed by atoms with Crippen LogP contribution in [0.15, 0.2) is 34.9 Å². The van der Waals surface area contributed by atoms with Gasteiger partial charge in [0.15, 0.2) is 0 Å². The normalized spacial score (nSPS) is 28.1. The van der Waals surface area contributed by atoms with Crippen LogP contribution in [-0.4, -0.2) is 50.0 Å². The molecule has 3 nitrogen and oxygen atoms in total. The number of halogens is 2. The van der Waals surface area contributed by atoms with Gasteiger partial charge in [0.25, 0.3) is 0 Å². The minimum absolute atomic E-state index is 0.215. The summed E-state index contributed by atoms with van der Waals surface area (Å²) in [6.07, 6.45) is 6.53. The van der Waals surface area contributed by atoms with Gasteiger partial charge in [-0.25, -0.2) is 0 Å². The van der Waals surface area contributed by atoms with Crippen molar-refractivity contribution in [2.24, 2.45) is 0 Å². The molecule has 124 valence electrons. The van der Waals surface area contributed by atoms with Crippen LogP contribution in [0.4, 0.5) is 0 Å². The van der Waals surface area contributed by atoms with Crippen molar-refractivity contribution >= 4 is 23.2 Å². The van der Waals surface area contributed by atoms with Crippen LogP contribution >= 0.6 is 23.2 Å². The zero-order valence-corrected chi connectivity index (χ0v) is 14.5. The quantitative estimate of drug-likeness (QED) is 0.677. The molecule has 2 unspecified atom stereocenters. The molecule has 2 aliphatic rings. The predicted octanol–water partition coefficient (Wildman–Crippen LogP) is 4.08. The summed E-state index contributed by atoms with van der Waals surface area (Å²) in [6.45, 7) is 11.4. The monoisotopic (exact) mass is 345 g/mol. The molecule has 0 aromatic carbocycles. The molecule has 1 aliphatic carbocycles. The SMILES string of the molecule is C=C/C(Cl)=C(/COC1CCCCC1N1CCOCC1)C(=C)Cl. The molecule has 0 N–H and O–H groups in total. The van der Waals surface area contributed by atoms with E-state index in [0.717, 1.165) is 38.3 Å². The molecule has 5 heteroatoms. The predicted molar refractivity (Wildman–Crippen MR) is 92.5 cm³/mol. The molecular weight excluding hydrogens is 321 g/mol. The van der Waals surface area contributed by atoms with Crippen molar-refractivity contribution in [1.29, 1.82) is 0 Å². The Labute approximate surface area is 143 Å². The van der Waals surface area contributed by atoms with Crippen molar-refractivity contribution in [2.75, 3.05) is 32.9 Å². The van der Waals surface area contributed by atoms with Gasteiger partial charge in [-0.2, -0.15) is 0 Å². The summed E-state index contributed by atoms with van der Waals surface area (Å²) >= 11 is 12.2. The second kappa shape index (κ2) is 9.09. The van der Waals surface area contributed by atoms with Crippen LogP contribution in [0.3, 0.4) is 0 Å². The lowest BCUT2D eigenvalue weighted by Gasteiger charge is -2.41. The number of nitrogens with zero attached hydrogens (tertiary/aromatic N) is 1. The third kappa shape index (κ3) is 4.84. The molecule has 2 rings (SSSR count). The number of allylic oxidation sites excluding steroid dienone is 2. The average Bonchev–Trinajstić information content (AvgIpc) is 2.55. The Morgan fingerprint density at radius 1 is 1.23 bits per heavy atom. The minimum Gasteiger partial charge on any atom is -0.379 e. The van der Waals surface area contributed by atoms with E-state index in [1.165, 1.54) is 19.3 Å². The topological polar surface area (TPSA) is 21.7 Å². The van der Waals surface area contributed by atoms with Crippen molar-refractivity contribution in [2.45, 2.75) is 37.8 Å². The molecule has 1 heterocycles. The highest BCUT2D eigenvalue weighted by Crippen LogP contribution is 2.28. The molecule has 0 aromatic heterocycles. The third-order valence-electron chi connectivity index (χ3n) is 4.42. The summed E-state index contributed by atoms with van der Waals surface area (Å²) in [6, 6.07) is 0.463. The van der Waals surface area contributed by atoms with Gasteiger partial charge in [-0.1, -0.05) is 55.3 Å². The van der Waals surface area contributed by atoms with E-state index in [1.807, 2.05) is 0 Å². The van der Waals surface area contributed by atoms with E-state index < -0.39 is 0 Å². The Morgan fingerprint density at radius 3 is 2.55 bits per heavy atom. The Bertz CT molecular complexity index is 430. The first kappa shape index (κ1) is 18.0. The first-order valence-electron chi connectivity index (χ1n) is 7.92. The van der Waals surface area contributed by atoms with E-state index in [4.69, 9.17) is 32.7 Å². The highest BCUT2D eigenvalue weighted by molar-refractivity contribution is 6.36. The van der Waals surface area contributed by atoms with E-state index >= 15 is 0 Å². The van der Waals surface area contributed by atoms with Crippen molar-refractivity contribution in [3.63, 3.8) is 0 Å². The van der Waals surface area contributed by atoms with Crippen molar-refractivity contribution < 1.29 is 9.47 Å². The molecule has 1 saturated carbocycles. The Kier molecular flexibility index (Phi) is 7.45. The largest absolute Gasteiger partial charge is 0.379 e. The average molecular weight is 346 g/mol. The number of ether oxygens (including phenoxy) is 2. The van der Waals surface area contributed by atoms with Gasteiger partial charge in [-0.15, -0.1) is 0 Å². The van der Waals surface area contributed by atoms with E-state index in [2.05, 4.69) is 18.1 Å². The van der Waals surface area contributed by atoms with Crippen molar-refractivity contribution in [3.8, 4) is 0 Å². The van der Waals surface area contributed by atoms with Crippen LogP contribution in [0, 0.1) is 0 Å². The fourth-order valence-corrected chi connectivity index (χ4v) is 3.56. The summed E-state index contributed by atoms with van der Waals surface area (Å²) in [4.78, 5) is 2.50. The minimum atomic E-state index is 0.215. The molecule has 22 heavy (non-hydrogen) atoms. The molecule has 0 spiro atoms. The van der Waals surface area contributed by atoms with Gasteiger partial charge in [0.05, 0.1) is 25.9 Å². The van der Waals surface area contributed by atoms with Gasteiger partial charge in [-0.3, -0.25) is 4.90 Å². The smallest absolute Gasteiger partial charge is 0.0750 e. The fraction of sp³-hybridized carbons (Fsp3) is 0.647. The highest BCUT2D eigenvalue weighted by atomic mass is 35.5. The molecule has 2 fully saturated rings. The van der Waals surface area contributed by atoms with E-state index in [9.17, 15) is 0 Å². The first-order valence-corrected chi connectivity index (χ1v) is 8.68. The van der Waals surface area contributed by atoms with E-state index in [1.54, 1.807) is 6.08 Å². The molecule has 0 radical (unpaired) electrons. The summed E-state index contributed by atoms with van der Waals surface area (Å²) in [5.41, 5.74) is 0.727. The number of hydrogen-bond acceptors (Lipinski definition) is 3. The van der Waals surface area contributed by atoms with Crippen LogP contribution in [0.5, 0.6) is 0 Å². The zero-order chi connectivity index (χ0) is 15.9. The molecule has 0 amide bonds. The molecule has 0 bridgehead atoms. The second-order valence-electron chi connectivity index (χ2n) is 5.79. The number of rotatable bonds is 6. The van der Waals surface area contributed by atoms with Crippen LogP contribution in [-0.2, 0) is 9.47 Å². The second-order valence-corrected chi connectivity index (χ2v) is 6.65. The highest BCUT2D eigenvalue weighted by Gasteiger charge is 2.32. The Hall–Kier alpha value is -0.320. The molecule has 1 saturated heterocycles. The molecular formula is C17H25Cl2NO2. The van der Waals surface area contributed by atoms with Crippen LogP contribution in [0.2, 0.25) is 0 Å². The maximum Gasteiger partial charge on any atom is 0.0750 e. The number of morpholine rings is 1. The van der Waals surface area contributed by atoms with Gasteiger partial charge in [-0.05, 0) is 12.8 Å². The van der Waals surface area contributed by atoms with Gasteiger partial charge in [0, 0.05) is 34.8 Å². The Balaban J connectivity index is 1.99. The van der Waals surface area contributed by atoms with Crippen LogP contribution in [0.25, 0.3) is 0 Å². The lowest BCUT2D eigenvalue weighted by atomic mass is 9.91. The van der Waals surface area contributed by atoms with E-state index in [0.29, 0.717) is 22.7 Å². The molecule has 2 atom stereocenters. The van der Waals surface area contributed by atoms with Crippen molar-refractivity contribution in [1.82, 2.24) is 4.90 Å². The van der Waals surface area contributed by atoms with E-state index in [-0.39, 0.29) is 6.10 Å². The fourth-order valence-electron chi connectivity index (χ4n) is 3.19. The van der Waals surface area contributed by atoms with Crippen LogP contribution in [0.1, 0.15) is 25.7 Å². The van der Waals surface area contributed by atoms with Crippen molar-refractivity contribution in [3.05, 3.63) is 34.9 Å².